The van der Waals surface area contributed by atoms with E-state index in [-0.39, 0.29) is 0 Å². The number of aromatic nitrogens is 1. The molecule has 1 heterocycles. The van der Waals surface area contributed by atoms with Crippen LogP contribution in [0.15, 0.2) is 36.5 Å². The molecule has 0 radical (unpaired) electrons. The quantitative estimate of drug-likeness (QED) is 0.851. The zero-order valence-electron chi connectivity index (χ0n) is 13.2. The second-order valence-corrected chi connectivity index (χ2v) is 5.31. The lowest BCUT2D eigenvalue weighted by atomic mass is 10.2. The summed E-state index contributed by atoms with van der Waals surface area (Å²) >= 11 is 0. The fraction of sp³-hybridized carbons (Fsp3) is 0.294. The molecular formula is C17H19FN4O. The number of halogens is 1. The Morgan fingerprint density at radius 3 is 2.83 bits per heavy atom. The lowest BCUT2D eigenvalue weighted by molar-refractivity contribution is 0.253. The van der Waals surface area contributed by atoms with E-state index in [9.17, 15) is 4.39 Å². The Kier molecular flexibility index (Phi) is 5.89. The maximum absolute atomic E-state index is 13.8. The lowest BCUT2D eigenvalue weighted by Crippen LogP contribution is -2.19. The van der Waals surface area contributed by atoms with Gasteiger partial charge in [-0.1, -0.05) is 0 Å². The van der Waals surface area contributed by atoms with E-state index in [1.54, 1.807) is 18.3 Å². The second kappa shape index (κ2) is 8.11. The molecule has 5 nitrogen and oxygen atoms in total. The van der Waals surface area contributed by atoms with Crippen molar-refractivity contribution in [1.82, 2.24) is 9.88 Å². The number of rotatable bonds is 7. The van der Waals surface area contributed by atoms with Crippen LogP contribution in [0.3, 0.4) is 0 Å². The first-order chi connectivity index (χ1) is 11.1. The summed E-state index contributed by atoms with van der Waals surface area (Å²) in [6.45, 7) is 1.80. The fourth-order valence-corrected chi connectivity index (χ4v) is 1.90. The summed E-state index contributed by atoms with van der Waals surface area (Å²) < 4.78 is 19.4. The zero-order valence-corrected chi connectivity index (χ0v) is 13.2. The Balaban J connectivity index is 1.94. The van der Waals surface area contributed by atoms with Crippen LogP contribution in [0.5, 0.6) is 5.88 Å². The first-order valence-electron chi connectivity index (χ1n) is 7.24. The van der Waals surface area contributed by atoms with Gasteiger partial charge in [-0.25, -0.2) is 9.37 Å². The summed E-state index contributed by atoms with van der Waals surface area (Å²) in [7, 11) is 3.95. The minimum Gasteiger partial charge on any atom is -0.476 e. The van der Waals surface area contributed by atoms with Crippen LogP contribution in [-0.2, 0) is 6.54 Å². The van der Waals surface area contributed by atoms with Gasteiger partial charge < -0.3 is 15.0 Å². The van der Waals surface area contributed by atoms with Gasteiger partial charge in [0.1, 0.15) is 12.4 Å². The molecule has 6 heteroatoms. The standard InChI is InChI=1S/C17H19FN4O/c1-22(2)7-8-23-17-10-14(5-6-20-17)12-21-16-4-3-13(11-19)9-15(16)18/h3-6,9-10,21H,7-8,12H2,1-2H3. The van der Waals surface area contributed by atoms with Crippen LogP contribution in [0.4, 0.5) is 10.1 Å². The molecule has 0 saturated heterocycles. The van der Waals surface area contributed by atoms with E-state index < -0.39 is 5.82 Å². The summed E-state index contributed by atoms with van der Waals surface area (Å²) in [6.07, 6.45) is 1.66. The number of ether oxygens (including phenoxy) is 1. The van der Waals surface area contributed by atoms with Gasteiger partial charge in [-0.2, -0.15) is 5.26 Å². The molecule has 0 aliphatic rings. The van der Waals surface area contributed by atoms with Gasteiger partial charge in [0.05, 0.1) is 17.3 Å². The molecule has 1 aromatic carbocycles. The third-order valence-electron chi connectivity index (χ3n) is 3.17. The van der Waals surface area contributed by atoms with Crippen molar-refractivity contribution in [1.29, 1.82) is 5.26 Å². The van der Waals surface area contributed by atoms with Crippen LogP contribution in [0.1, 0.15) is 11.1 Å². The van der Waals surface area contributed by atoms with Gasteiger partial charge in [-0.15, -0.1) is 0 Å². The molecular weight excluding hydrogens is 295 g/mol. The van der Waals surface area contributed by atoms with E-state index in [0.717, 1.165) is 12.1 Å². The van der Waals surface area contributed by atoms with Crippen molar-refractivity contribution in [2.24, 2.45) is 0 Å². The summed E-state index contributed by atoms with van der Waals surface area (Å²) in [5.41, 5.74) is 1.59. The largest absolute Gasteiger partial charge is 0.476 e. The molecule has 23 heavy (non-hydrogen) atoms. The molecule has 0 spiro atoms. The van der Waals surface area contributed by atoms with Gasteiger partial charge in [0, 0.05) is 25.4 Å². The van der Waals surface area contributed by atoms with Crippen molar-refractivity contribution in [2.45, 2.75) is 6.54 Å². The Bertz CT molecular complexity index is 697. The number of likely N-dealkylation sites (N-methyl/N-ethyl adjacent to an activating group) is 1. The maximum Gasteiger partial charge on any atom is 0.213 e. The summed E-state index contributed by atoms with van der Waals surface area (Å²) in [6, 6.07) is 9.92. The number of nitrogens with zero attached hydrogens (tertiary/aromatic N) is 3. The molecule has 1 aromatic heterocycles. The van der Waals surface area contributed by atoms with Crippen molar-refractivity contribution in [3.05, 3.63) is 53.5 Å². The van der Waals surface area contributed by atoms with Gasteiger partial charge in [-0.3, -0.25) is 0 Å². The van der Waals surface area contributed by atoms with E-state index in [4.69, 9.17) is 10.00 Å². The van der Waals surface area contributed by atoms with Crippen LogP contribution < -0.4 is 10.1 Å². The molecule has 0 saturated carbocycles. The second-order valence-electron chi connectivity index (χ2n) is 5.31. The predicted octanol–water partition coefficient (Wildman–Crippen LogP) is 2.64. The van der Waals surface area contributed by atoms with Gasteiger partial charge >= 0.3 is 0 Å². The zero-order chi connectivity index (χ0) is 16.7. The van der Waals surface area contributed by atoms with Gasteiger partial charge in [-0.05, 0) is 43.9 Å². The minimum absolute atomic E-state index is 0.300. The van der Waals surface area contributed by atoms with Crippen molar-refractivity contribution in [3.8, 4) is 11.9 Å². The van der Waals surface area contributed by atoms with Crippen LogP contribution in [0.2, 0.25) is 0 Å². The van der Waals surface area contributed by atoms with Crippen molar-refractivity contribution < 1.29 is 9.13 Å². The average molecular weight is 314 g/mol. The smallest absolute Gasteiger partial charge is 0.213 e. The molecule has 0 unspecified atom stereocenters. The number of benzene rings is 1. The normalized spacial score (nSPS) is 10.4. The molecule has 0 amide bonds. The number of pyridine rings is 1. The van der Waals surface area contributed by atoms with E-state index in [1.807, 2.05) is 37.2 Å². The highest BCUT2D eigenvalue weighted by molar-refractivity contribution is 5.49. The highest BCUT2D eigenvalue weighted by Crippen LogP contribution is 2.17. The van der Waals surface area contributed by atoms with Crippen LogP contribution in [0, 0.1) is 17.1 Å². The number of nitriles is 1. The van der Waals surface area contributed by atoms with Gasteiger partial charge in [0.2, 0.25) is 5.88 Å². The molecule has 0 aliphatic carbocycles. The van der Waals surface area contributed by atoms with Crippen molar-refractivity contribution in [2.75, 3.05) is 32.6 Å². The molecule has 0 bridgehead atoms. The number of anilines is 1. The van der Waals surface area contributed by atoms with Gasteiger partial charge in [0.15, 0.2) is 0 Å². The van der Waals surface area contributed by atoms with Crippen LogP contribution in [0.25, 0.3) is 0 Å². The topological polar surface area (TPSA) is 61.2 Å². The maximum atomic E-state index is 13.8. The highest BCUT2D eigenvalue weighted by atomic mass is 19.1. The van der Waals surface area contributed by atoms with Gasteiger partial charge in [0.25, 0.3) is 0 Å². The first kappa shape index (κ1) is 16.7. The van der Waals surface area contributed by atoms with Crippen molar-refractivity contribution >= 4 is 5.69 Å². The number of hydrogen-bond donors (Lipinski definition) is 1. The Morgan fingerprint density at radius 1 is 1.30 bits per heavy atom. The Labute approximate surface area is 135 Å². The van der Waals surface area contributed by atoms with E-state index in [0.29, 0.717) is 30.3 Å². The minimum atomic E-state index is -0.444. The predicted molar refractivity (Wildman–Crippen MR) is 86.7 cm³/mol. The SMILES string of the molecule is CN(C)CCOc1cc(CNc2ccc(C#N)cc2F)ccn1. The number of nitrogens with one attached hydrogen (secondary N) is 1. The van der Waals surface area contributed by atoms with E-state index in [2.05, 4.69) is 10.3 Å². The first-order valence-corrected chi connectivity index (χ1v) is 7.24. The molecule has 2 rings (SSSR count). The van der Waals surface area contributed by atoms with E-state index in [1.165, 1.54) is 6.07 Å². The monoisotopic (exact) mass is 314 g/mol. The Hall–Kier alpha value is -2.65. The molecule has 0 atom stereocenters. The van der Waals surface area contributed by atoms with Crippen LogP contribution >= 0.6 is 0 Å². The third-order valence-corrected chi connectivity index (χ3v) is 3.17. The van der Waals surface area contributed by atoms with Crippen molar-refractivity contribution in [3.63, 3.8) is 0 Å². The molecule has 1 N–H and O–H groups in total. The number of hydrogen-bond acceptors (Lipinski definition) is 5. The molecule has 0 fully saturated rings. The summed E-state index contributed by atoms with van der Waals surface area (Å²) in [5, 5.41) is 11.7. The highest BCUT2D eigenvalue weighted by Gasteiger charge is 2.04. The average Bonchev–Trinajstić information content (AvgIpc) is 2.53. The lowest BCUT2D eigenvalue weighted by Gasteiger charge is -2.11. The summed E-state index contributed by atoms with van der Waals surface area (Å²) in [5.74, 6) is 0.104. The fourth-order valence-electron chi connectivity index (χ4n) is 1.90. The molecule has 0 aliphatic heterocycles. The van der Waals surface area contributed by atoms with E-state index >= 15 is 0 Å². The Morgan fingerprint density at radius 2 is 2.13 bits per heavy atom. The molecule has 2 aromatic rings. The third kappa shape index (κ3) is 5.24. The molecule has 120 valence electrons. The van der Waals surface area contributed by atoms with Crippen LogP contribution in [-0.4, -0.2) is 37.1 Å². The summed E-state index contributed by atoms with van der Waals surface area (Å²) in [4.78, 5) is 6.18.